The van der Waals surface area contributed by atoms with Gasteiger partial charge in [-0.3, -0.25) is 4.79 Å². The van der Waals surface area contributed by atoms with Gasteiger partial charge >= 0.3 is 0 Å². The van der Waals surface area contributed by atoms with Crippen molar-refractivity contribution in [3.63, 3.8) is 0 Å². The number of rotatable bonds is 1. The van der Waals surface area contributed by atoms with E-state index in [1.165, 1.54) is 19.3 Å². The average Bonchev–Trinajstić information content (AvgIpc) is 2.29. The molecule has 1 heterocycles. The highest BCUT2D eigenvalue weighted by molar-refractivity contribution is 7.80. The van der Waals surface area contributed by atoms with Crippen molar-refractivity contribution in [1.29, 1.82) is 0 Å². The number of amides is 1. The molecule has 0 aliphatic carbocycles. The van der Waals surface area contributed by atoms with E-state index in [9.17, 15) is 4.79 Å². The van der Waals surface area contributed by atoms with Gasteiger partial charge in [0.25, 0.3) is 5.91 Å². The molecular weight excluding hydrogens is 230 g/mol. The Morgan fingerprint density at radius 3 is 2.06 bits per heavy atom. The summed E-state index contributed by atoms with van der Waals surface area (Å²) in [7, 11) is 0. The Hall–Kier alpha value is -0.960. The van der Waals surface area contributed by atoms with Crippen LogP contribution in [0, 0.1) is 0 Å². The molecule has 1 fully saturated rings. The molecule has 0 radical (unpaired) electrons. The van der Waals surface area contributed by atoms with Crippen LogP contribution in [0.15, 0.2) is 29.2 Å². The lowest BCUT2D eigenvalue weighted by Gasteiger charge is -2.24. The van der Waals surface area contributed by atoms with Gasteiger partial charge in [0.15, 0.2) is 0 Å². The number of thiol groups is 1. The highest BCUT2D eigenvalue weighted by Crippen LogP contribution is 2.15. The molecule has 92 valence electrons. The van der Waals surface area contributed by atoms with E-state index < -0.39 is 0 Å². The van der Waals surface area contributed by atoms with Crippen molar-refractivity contribution >= 4 is 18.5 Å². The molecule has 3 heteroatoms. The van der Waals surface area contributed by atoms with Crippen molar-refractivity contribution in [2.75, 3.05) is 13.1 Å². The molecule has 1 amide bonds. The number of hydrogen-bond acceptors (Lipinski definition) is 2. The lowest BCUT2D eigenvalue weighted by molar-refractivity contribution is 0.0742. The van der Waals surface area contributed by atoms with Gasteiger partial charge in [-0.15, -0.1) is 12.6 Å². The van der Waals surface area contributed by atoms with Crippen LogP contribution < -0.4 is 0 Å². The summed E-state index contributed by atoms with van der Waals surface area (Å²) in [6, 6.07) is 7.48. The molecule has 0 aromatic heterocycles. The Labute approximate surface area is 108 Å². The minimum absolute atomic E-state index is 0.167. The van der Waals surface area contributed by atoms with Gasteiger partial charge in [-0.25, -0.2) is 0 Å². The first-order chi connectivity index (χ1) is 8.27. The first-order valence-electron chi connectivity index (χ1n) is 6.36. The fourth-order valence-electron chi connectivity index (χ4n) is 2.24. The Kier molecular flexibility index (Phi) is 4.49. The molecule has 0 saturated carbocycles. The Bertz CT molecular complexity index is 366. The maximum Gasteiger partial charge on any atom is 0.253 e. The van der Waals surface area contributed by atoms with Gasteiger partial charge in [-0.2, -0.15) is 0 Å². The third-order valence-corrected chi connectivity index (χ3v) is 3.56. The maximum atomic E-state index is 12.3. The zero-order valence-corrected chi connectivity index (χ0v) is 11.0. The summed E-state index contributed by atoms with van der Waals surface area (Å²) in [5.74, 6) is 0.167. The number of hydrogen-bond donors (Lipinski definition) is 1. The highest BCUT2D eigenvalue weighted by Gasteiger charge is 2.16. The molecule has 2 rings (SSSR count). The summed E-state index contributed by atoms with van der Waals surface area (Å²) in [6.45, 7) is 1.81. The molecule has 0 bridgehead atoms. The standard InChI is InChI=1S/C14H19NOS/c16-14(12-6-8-13(17)9-7-12)15-10-4-2-1-3-5-11-15/h6-9,17H,1-5,10-11H2. The van der Waals surface area contributed by atoms with Gasteiger partial charge in [0.05, 0.1) is 0 Å². The number of carbonyl (C=O) groups is 1. The third kappa shape index (κ3) is 3.50. The van der Waals surface area contributed by atoms with Crippen LogP contribution in [0.2, 0.25) is 0 Å². The zero-order chi connectivity index (χ0) is 12.1. The highest BCUT2D eigenvalue weighted by atomic mass is 32.1. The Morgan fingerprint density at radius 1 is 0.941 bits per heavy atom. The predicted octanol–water partition coefficient (Wildman–Crippen LogP) is 3.38. The summed E-state index contributed by atoms with van der Waals surface area (Å²) < 4.78 is 0. The van der Waals surface area contributed by atoms with Gasteiger partial charge in [-0.1, -0.05) is 19.3 Å². The second kappa shape index (κ2) is 6.10. The van der Waals surface area contributed by atoms with E-state index in [4.69, 9.17) is 0 Å². The van der Waals surface area contributed by atoms with E-state index >= 15 is 0 Å². The number of benzene rings is 1. The van der Waals surface area contributed by atoms with Crippen molar-refractivity contribution in [3.05, 3.63) is 29.8 Å². The summed E-state index contributed by atoms with van der Waals surface area (Å²) in [4.78, 5) is 15.2. The minimum atomic E-state index is 0.167. The molecule has 1 saturated heterocycles. The van der Waals surface area contributed by atoms with Crippen LogP contribution in [0.4, 0.5) is 0 Å². The molecule has 0 unspecified atom stereocenters. The van der Waals surface area contributed by atoms with Crippen LogP contribution in [0.25, 0.3) is 0 Å². The van der Waals surface area contributed by atoms with Gasteiger partial charge in [0.2, 0.25) is 0 Å². The van der Waals surface area contributed by atoms with E-state index in [1.807, 2.05) is 29.2 Å². The lowest BCUT2D eigenvalue weighted by Crippen LogP contribution is -2.33. The summed E-state index contributed by atoms with van der Waals surface area (Å²) in [5.41, 5.74) is 0.781. The molecule has 0 atom stereocenters. The monoisotopic (exact) mass is 249 g/mol. The molecule has 0 spiro atoms. The SMILES string of the molecule is O=C(c1ccc(S)cc1)N1CCCCCCC1. The van der Waals surface area contributed by atoms with Gasteiger partial charge in [0, 0.05) is 23.5 Å². The van der Waals surface area contributed by atoms with Crippen LogP contribution >= 0.6 is 12.6 Å². The van der Waals surface area contributed by atoms with Crippen LogP contribution in [0.1, 0.15) is 42.5 Å². The quantitative estimate of drug-likeness (QED) is 0.757. The topological polar surface area (TPSA) is 20.3 Å². The fourth-order valence-corrected chi connectivity index (χ4v) is 2.39. The molecule has 17 heavy (non-hydrogen) atoms. The van der Waals surface area contributed by atoms with Crippen molar-refractivity contribution in [1.82, 2.24) is 4.90 Å². The van der Waals surface area contributed by atoms with E-state index in [0.29, 0.717) is 0 Å². The molecule has 0 N–H and O–H groups in total. The number of carbonyl (C=O) groups excluding carboxylic acids is 1. The van der Waals surface area contributed by atoms with E-state index in [1.54, 1.807) is 0 Å². The smallest absolute Gasteiger partial charge is 0.253 e. The second-order valence-electron chi connectivity index (χ2n) is 4.61. The Morgan fingerprint density at radius 2 is 1.47 bits per heavy atom. The first-order valence-corrected chi connectivity index (χ1v) is 6.80. The number of likely N-dealkylation sites (tertiary alicyclic amines) is 1. The second-order valence-corrected chi connectivity index (χ2v) is 5.12. The zero-order valence-electron chi connectivity index (χ0n) is 10.1. The molecule has 1 aliphatic heterocycles. The van der Waals surface area contributed by atoms with Crippen molar-refractivity contribution in [3.8, 4) is 0 Å². The molecule has 1 aliphatic rings. The summed E-state index contributed by atoms with van der Waals surface area (Å²) in [6.07, 6.45) is 6.09. The van der Waals surface area contributed by atoms with Crippen molar-refractivity contribution in [2.45, 2.75) is 37.0 Å². The predicted molar refractivity (Wildman–Crippen MR) is 72.7 cm³/mol. The van der Waals surface area contributed by atoms with Crippen molar-refractivity contribution in [2.24, 2.45) is 0 Å². The maximum absolute atomic E-state index is 12.3. The van der Waals surface area contributed by atoms with Gasteiger partial charge < -0.3 is 4.90 Å². The van der Waals surface area contributed by atoms with E-state index in [0.717, 1.165) is 36.4 Å². The normalized spacial score (nSPS) is 17.4. The number of nitrogens with zero attached hydrogens (tertiary/aromatic N) is 1. The first kappa shape index (κ1) is 12.5. The van der Waals surface area contributed by atoms with E-state index in [2.05, 4.69) is 12.6 Å². The molecule has 2 nitrogen and oxygen atoms in total. The fraction of sp³-hybridized carbons (Fsp3) is 0.500. The van der Waals surface area contributed by atoms with Gasteiger partial charge in [0.1, 0.15) is 0 Å². The van der Waals surface area contributed by atoms with E-state index in [-0.39, 0.29) is 5.91 Å². The molecule has 1 aromatic carbocycles. The van der Waals surface area contributed by atoms with Crippen LogP contribution in [-0.4, -0.2) is 23.9 Å². The van der Waals surface area contributed by atoms with Crippen LogP contribution in [-0.2, 0) is 0 Å². The minimum Gasteiger partial charge on any atom is -0.339 e. The third-order valence-electron chi connectivity index (χ3n) is 3.26. The summed E-state index contributed by atoms with van der Waals surface area (Å²) >= 11 is 4.23. The molecule has 1 aromatic rings. The average molecular weight is 249 g/mol. The lowest BCUT2D eigenvalue weighted by atomic mass is 10.1. The molecular formula is C14H19NOS. The largest absolute Gasteiger partial charge is 0.339 e. The van der Waals surface area contributed by atoms with Gasteiger partial charge in [-0.05, 0) is 37.1 Å². The van der Waals surface area contributed by atoms with Crippen LogP contribution in [0.5, 0.6) is 0 Å². The Balaban J connectivity index is 2.04. The summed E-state index contributed by atoms with van der Waals surface area (Å²) in [5, 5.41) is 0. The van der Waals surface area contributed by atoms with Crippen LogP contribution in [0.3, 0.4) is 0 Å². The van der Waals surface area contributed by atoms with Crippen molar-refractivity contribution < 1.29 is 4.79 Å².